The Morgan fingerprint density at radius 3 is 2.85 bits per heavy atom. The van der Waals surface area contributed by atoms with Crippen molar-refractivity contribution in [2.75, 3.05) is 25.0 Å². The summed E-state index contributed by atoms with van der Waals surface area (Å²) in [5.74, 6) is 1.53. The largest absolute Gasteiger partial charge is 0.302 e. The molecule has 2 aliphatic rings. The second-order valence-corrected chi connectivity index (χ2v) is 4.51. The predicted octanol–water partition coefficient (Wildman–Crippen LogP) is 1.87. The molecule has 0 saturated carbocycles. The maximum Gasteiger partial charge on any atom is 0.147 e. The number of carbonyl (C=O) groups is 1. The van der Waals surface area contributed by atoms with Gasteiger partial charge in [0, 0.05) is 19.0 Å². The summed E-state index contributed by atoms with van der Waals surface area (Å²) in [5.41, 5.74) is 0. The second-order valence-electron chi connectivity index (χ2n) is 3.95. The summed E-state index contributed by atoms with van der Waals surface area (Å²) in [4.78, 5) is 13.8. The van der Waals surface area contributed by atoms with E-state index in [-0.39, 0.29) is 17.0 Å². The molecule has 2 heterocycles. The third-order valence-electron chi connectivity index (χ3n) is 3.05. The monoisotopic (exact) mass is 311 g/mol. The second kappa shape index (κ2) is 4.89. The topological polar surface area (TPSA) is 20.3 Å². The first kappa shape index (κ1) is 11.7. The maximum absolute atomic E-state index is 11.4. The number of ketones is 1. The number of Topliss-reactive ketones (excluding diaryl/α,β-unsaturated/α-hetero) is 1. The molecule has 0 aromatic rings. The van der Waals surface area contributed by atoms with Crippen molar-refractivity contribution in [3.05, 3.63) is 0 Å². The minimum atomic E-state index is 0. The van der Waals surface area contributed by atoms with Crippen LogP contribution in [0.5, 0.6) is 0 Å². The van der Waals surface area contributed by atoms with Gasteiger partial charge in [0.15, 0.2) is 0 Å². The van der Waals surface area contributed by atoms with Crippen LogP contribution in [0.4, 0.5) is 0 Å². The van der Waals surface area contributed by atoms with Gasteiger partial charge < -0.3 is 4.90 Å². The first-order valence-electron chi connectivity index (χ1n) is 4.60. The van der Waals surface area contributed by atoms with Gasteiger partial charge in [-0.05, 0) is 25.3 Å². The molecule has 76 valence electrons. The van der Waals surface area contributed by atoms with Gasteiger partial charge in [-0.15, -0.1) is 17.0 Å². The highest BCUT2D eigenvalue weighted by Crippen LogP contribution is 2.30. The van der Waals surface area contributed by atoms with E-state index in [2.05, 4.69) is 20.8 Å². The van der Waals surface area contributed by atoms with Gasteiger partial charge in [-0.25, -0.2) is 0 Å². The Bertz CT molecular complexity index is 186. The van der Waals surface area contributed by atoms with Crippen LogP contribution in [-0.2, 0) is 4.79 Å². The summed E-state index contributed by atoms with van der Waals surface area (Å²) in [6, 6.07) is 0. The minimum Gasteiger partial charge on any atom is -0.302 e. The van der Waals surface area contributed by atoms with Gasteiger partial charge in [-0.2, -0.15) is 0 Å². The lowest BCUT2D eigenvalue weighted by molar-refractivity contribution is -0.121. The maximum atomic E-state index is 11.4. The van der Waals surface area contributed by atoms with Crippen molar-refractivity contribution < 1.29 is 4.79 Å². The standard InChI is InChI=1S/C9H14BrNO.BrH/c10-4-9(12)8-3-7-1-2-11(5-7)6-8;/h7-8H,1-6H2;1H. The number of fused-ring (bicyclic) bond motifs is 2. The third-order valence-corrected chi connectivity index (χ3v) is 3.61. The molecule has 2 aliphatic heterocycles. The van der Waals surface area contributed by atoms with Gasteiger partial charge in [0.25, 0.3) is 0 Å². The molecular weight excluding hydrogens is 298 g/mol. The van der Waals surface area contributed by atoms with Crippen molar-refractivity contribution in [3.8, 4) is 0 Å². The molecular formula is C9H15Br2NO. The summed E-state index contributed by atoms with van der Waals surface area (Å²) < 4.78 is 0. The predicted molar refractivity (Wildman–Crippen MR) is 61.8 cm³/mol. The van der Waals surface area contributed by atoms with Gasteiger partial charge in [-0.1, -0.05) is 15.9 Å². The smallest absolute Gasteiger partial charge is 0.147 e. The van der Waals surface area contributed by atoms with E-state index in [1.54, 1.807) is 0 Å². The zero-order valence-electron chi connectivity index (χ0n) is 7.54. The van der Waals surface area contributed by atoms with Crippen LogP contribution in [0, 0.1) is 11.8 Å². The molecule has 0 aromatic carbocycles. The van der Waals surface area contributed by atoms with E-state index in [0.717, 1.165) is 18.9 Å². The molecule has 2 saturated heterocycles. The zero-order valence-corrected chi connectivity index (χ0v) is 10.8. The van der Waals surface area contributed by atoms with Gasteiger partial charge in [0.2, 0.25) is 0 Å². The Morgan fingerprint density at radius 2 is 2.23 bits per heavy atom. The van der Waals surface area contributed by atoms with E-state index < -0.39 is 0 Å². The first-order valence-corrected chi connectivity index (χ1v) is 5.73. The van der Waals surface area contributed by atoms with E-state index in [1.165, 1.54) is 19.5 Å². The van der Waals surface area contributed by atoms with Crippen LogP contribution < -0.4 is 0 Å². The first-order chi connectivity index (χ1) is 5.79. The summed E-state index contributed by atoms with van der Waals surface area (Å²) in [5, 5.41) is 0.540. The van der Waals surface area contributed by atoms with E-state index in [4.69, 9.17) is 0 Å². The quantitative estimate of drug-likeness (QED) is 0.726. The van der Waals surface area contributed by atoms with E-state index in [0.29, 0.717) is 17.0 Å². The number of hydrogen-bond acceptors (Lipinski definition) is 2. The molecule has 0 N–H and O–H groups in total. The number of carbonyl (C=O) groups excluding carboxylic acids is 1. The number of piperidine rings is 1. The van der Waals surface area contributed by atoms with Crippen molar-refractivity contribution in [2.45, 2.75) is 12.8 Å². The third kappa shape index (κ3) is 2.54. The van der Waals surface area contributed by atoms with E-state index >= 15 is 0 Å². The molecule has 2 nitrogen and oxygen atoms in total. The van der Waals surface area contributed by atoms with Gasteiger partial charge in [0.1, 0.15) is 5.78 Å². The lowest BCUT2D eigenvalue weighted by Crippen LogP contribution is -2.37. The zero-order chi connectivity index (χ0) is 8.55. The molecule has 2 fully saturated rings. The van der Waals surface area contributed by atoms with Crippen LogP contribution in [0.15, 0.2) is 0 Å². The van der Waals surface area contributed by atoms with Gasteiger partial charge >= 0.3 is 0 Å². The normalized spacial score (nSPS) is 36.8. The Kier molecular flexibility index (Phi) is 4.39. The number of nitrogens with zero attached hydrogens (tertiary/aromatic N) is 1. The Labute approximate surface area is 97.9 Å². The number of halogens is 2. The molecule has 0 aliphatic carbocycles. The molecule has 2 bridgehead atoms. The van der Waals surface area contributed by atoms with E-state index in [1.807, 2.05) is 0 Å². The molecule has 0 spiro atoms. The molecule has 2 rings (SSSR count). The Balaban J connectivity index is 0.000000845. The van der Waals surface area contributed by atoms with Crippen LogP contribution in [-0.4, -0.2) is 35.6 Å². The SMILES string of the molecule is Br.O=C(CBr)C1CC2CCN(C2)C1. The average molecular weight is 313 g/mol. The highest BCUT2D eigenvalue weighted by Gasteiger charge is 2.34. The molecule has 0 amide bonds. The summed E-state index contributed by atoms with van der Waals surface area (Å²) >= 11 is 3.24. The molecule has 3 unspecified atom stereocenters. The molecule has 13 heavy (non-hydrogen) atoms. The highest BCUT2D eigenvalue weighted by atomic mass is 79.9. The number of hydrogen-bond donors (Lipinski definition) is 0. The summed E-state index contributed by atoms with van der Waals surface area (Å²) in [7, 11) is 0. The van der Waals surface area contributed by atoms with Crippen molar-refractivity contribution in [2.24, 2.45) is 11.8 Å². The number of rotatable bonds is 2. The lowest BCUT2D eigenvalue weighted by Gasteiger charge is -2.28. The van der Waals surface area contributed by atoms with Crippen LogP contribution in [0.1, 0.15) is 12.8 Å². The lowest BCUT2D eigenvalue weighted by atomic mass is 9.89. The van der Waals surface area contributed by atoms with Crippen LogP contribution in [0.25, 0.3) is 0 Å². The minimum absolute atomic E-state index is 0. The van der Waals surface area contributed by atoms with E-state index in [9.17, 15) is 4.79 Å². The fourth-order valence-electron chi connectivity index (χ4n) is 2.40. The van der Waals surface area contributed by atoms with Crippen LogP contribution in [0.2, 0.25) is 0 Å². The fourth-order valence-corrected chi connectivity index (χ4v) is 2.86. The molecule has 0 radical (unpaired) electrons. The molecule has 4 heteroatoms. The Hall–Kier alpha value is 0.590. The van der Waals surface area contributed by atoms with Gasteiger partial charge in [-0.3, -0.25) is 4.79 Å². The van der Waals surface area contributed by atoms with Crippen molar-refractivity contribution in [3.63, 3.8) is 0 Å². The average Bonchev–Trinajstić information content (AvgIpc) is 2.44. The van der Waals surface area contributed by atoms with Crippen molar-refractivity contribution in [1.82, 2.24) is 4.90 Å². The van der Waals surface area contributed by atoms with Crippen molar-refractivity contribution in [1.29, 1.82) is 0 Å². The summed E-state index contributed by atoms with van der Waals surface area (Å²) in [6.45, 7) is 3.48. The van der Waals surface area contributed by atoms with Crippen LogP contribution >= 0.6 is 32.9 Å². The Morgan fingerprint density at radius 1 is 1.46 bits per heavy atom. The molecule has 0 aromatic heterocycles. The number of alkyl halides is 1. The molecule has 3 atom stereocenters. The van der Waals surface area contributed by atoms with Crippen molar-refractivity contribution >= 4 is 38.7 Å². The fraction of sp³-hybridized carbons (Fsp3) is 0.889. The highest BCUT2D eigenvalue weighted by molar-refractivity contribution is 9.09. The summed E-state index contributed by atoms with van der Waals surface area (Å²) in [6.07, 6.45) is 2.45. The van der Waals surface area contributed by atoms with Gasteiger partial charge in [0.05, 0.1) is 5.33 Å². The van der Waals surface area contributed by atoms with Crippen LogP contribution in [0.3, 0.4) is 0 Å².